The number of ether oxygens (including phenoxy) is 1. The largest absolute Gasteiger partial charge is 0.502 e. The summed E-state index contributed by atoms with van der Waals surface area (Å²) in [5, 5.41) is 1.16. The molecule has 0 heterocycles. The van der Waals surface area contributed by atoms with Crippen LogP contribution in [0, 0.1) is 0 Å². The van der Waals surface area contributed by atoms with Crippen molar-refractivity contribution in [2.75, 3.05) is 11.9 Å². The Kier molecular flexibility index (Phi) is 14.0. The van der Waals surface area contributed by atoms with E-state index < -0.39 is 0 Å². The van der Waals surface area contributed by atoms with Crippen molar-refractivity contribution in [3.8, 4) is 0 Å². The second-order valence-electron chi connectivity index (χ2n) is 3.91. The van der Waals surface area contributed by atoms with Crippen LogP contribution in [0.15, 0.2) is 12.8 Å². The monoisotopic (exact) mass is 276 g/mol. The Balaban J connectivity index is 2.83. The molecule has 0 aromatic rings. The van der Waals surface area contributed by atoms with Crippen molar-refractivity contribution in [1.82, 2.24) is 0 Å². The van der Waals surface area contributed by atoms with Gasteiger partial charge in [0.25, 0.3) is 0 Å². The van der Waals surface area contributed by atoms with Gasteiger partial charge in [-0.1, -0.05) is 67.5 Å². The lowest BCUT2D eigenvalue weighted by molar-refractivity contribution is 0.241. The number of unbranched alkanes of at least 4 members (excludes halogenated alkanes) is 8. The molecule has 15 heavy (non-hydrogen) atoms. The molecule has 2 heteroatoms. The minimum Gasteiger partial charge on any atom is -0.502 e. The maximum atomic E-state index is 5.06. The van der Waals surface area contributed by atoms with Crippen molar-refractivity contribution < 1.29 is 4.74 Å². The third-order valence-corrected chi connectivity index (χ3v) is 3.07. The van der Waals surface area contributed by atoms with Gasteiger partial charge in [0.2, 0.25) is 0 Å². The molecule has 0 rings (SSSR count). The summed E-state index contributed by atoms with van der Waals surface area (Å²) in [5.41, 5.74) is 0. The van der Waals surface area contributed by atoms with Crippen molar-refractivity contribution in [2.24, 2.45) is 0 Å². The minimum absolute atomic E-state index is 0.842. The fourth-order valence-electron chi connectivity index (χ4n) is 1.60. The minimum atomic E-state index is 0.842. The van der Waals surface area contributed by atoms with E-state index in [0.29, 0.717) is 0 Å². The molecule has 90 valence electrons. The van der Waals surface area contributed by atoms with E-state index in [4.69, 9.17) is 4.74 Å². The quantitative estimate of drug-likeness (QED) is 0.275. The second kappa shape index (κ2) is 14.0. The van der Waals surface area contributed by atoms with E-state index in [1.54, 1.807) is 0 Å². The van der Waals surface area contributed by atoms with Crippen LogP contribution in [0.1, 0.15) is 57.8 Å². The number of alkyl halides is 1. The standard InChI is InChI=1S/C13H25BrO/c1-2-15-13-11-9-7-5-3-4-6-8-10-12-14/h2H,1,3-13H2. The van der Waals surface area contributed by atoms with Gasteiger partial charge in [-0.15, -0.1) is 0 Å². The van der Waals surface area contributed by atoms with Crippen LogP contribution in [0.2, 0.25) is 0 Å². The van der Waals surface area contributed by atoms with Crippen molar-refractivity contribution in [3.63, 3.8) is 0 Å². The summed E-state index contributed by atoms with van der Waals surface area (Å²) in [6.45, 7) is 4.36. The lowest BCUT2D eigenvalue weighted by atomic mass is 10.1. The second-order valence-corrected chi connectivity index (χ2v) is 4.70. The molecule has 0 unspecified atom stereocenters. The molecule has 0 spiro atoms. The first kappa shape index (κ1) is 15.0. The molecule has 0 amide bonds. The molecular formula is C13H25BrO. The Morgan fingerprint density at radius 1 is 0.800 bits per heavy atom. The normalized spacial score (nSPS) is 10.2. The van der Waals surface area contributed by atoms with E-state index in [-0.39, 0.29) is 0 Å². The van der Waals surface area contributed by atoms with Gasteiger partial charge in [-0.25, -0.2) is 0 Å². The first-order chi connectivity index (χ1) is 7.41. The Hall–Kier alpha value is 0.0200. The van der Waals surface area contributed by atoms with Crippen LogP contribution in [0.4, 0.5) is 0 Å². The Morgan fingerprint density at radius 3 is 1.73 bits per heavy atom. The summed E-state index contributed by atoms with van der Waals surface area (Å²) in [5.74, 6) is 0. The van der Waals surface area contributed by atoms with Crippen molar-refractivity contribution in [1.29, 1.82) is 0 Å². The highest BCUT2D eigenvalue weighted by Gasteiger charge is 1.92. The molecule has 0 saturated carbocycles. The van der Waals surface area contributed by atoms with Crippen LogP contribution in [-0.2, 0) is 4.74 Å². The van der Waals surface area contributed by atoms with Gasteiger partial charge in [-0.05, 0) is 12.8 Å². The Bertz CT molecular complexity index is 126. The zero-order chi connectivity index (χ0) is 11.2. The van der Waals surface area contributed by atoms with E-state index in [1.165, 1.54) is 64.0 Å². The molecule has 0 atom stereocenters. The molecule has 0 N–H and O–H groups in total. The highest BCUT2D eigenvalue weighted by molar-refractivity contribution is 9.09. The Labute approximate surface area is 103 Å². The summed E-state index contributed by atoms with van der Waals surface area (Å²) < 4.78 is 5.06. The molecule has 0 aliphatic carbocycles. The van der Waals surface area contributed by atoms with Crippen LogP contribution in [0.5, 0.6) is 0 Å². The van der Waals surface area contributed by atoms with E-state index in [0.717, 1.165) is 11.9 Å². The van der Waals surface area contributed by atoms with E-state index >= 15 is 0 Å². The van der Waals surface area contributed by atoms with Gasteiger partial charge < -0.3 is 4.74 Å². The number of halogens is 1. The van der Waals surface area contributed by atoms with Gasteiger partial charge in [-0.2, -0.15) is 0 Å². The van der Waals surface area contributed by atoms with E-state index in [1.807, 2.05) is 0 Å². The number of hydrogen-bond donors (Lipinski definition) is 0. The third-order valence-electron chi connectivity index (χ3n) is 2.51. The first-order valence-electron chi connectivity index (χ1n) is 6.20. The van der Waals surface area contributed by atoms with Gasteiger partial charge >= 0.3 is 0 Å². The Morgan fingerprint density at radius 2 is 1.27 bits per heavy atom. The van der Waals surface area contributed by atoms with Crippen LogP contribution >= 0.6 is 15.9 Å². The first-order valence-corrected chi connectivity index (χ1v) is 7.32. The maximum Gasteiger partial charge on any atom is 0.0873 e. The van der Waals surface area contributed by atoms with E-state index in [9.17, 15) is 0 Å². The molecule has 0 aliphatic rings. The van der Waals surface area contributed by atoms with Gasteiger partial charge in [0.15, 0.2) is 0 Å². The summed E-state index contributed by atoms with van der Waals surface area (Å²) in [7, 11) is 0. The molecule has 0 aromatic carbocycles. The zero-order valence-electron chi connectivity index (χ0n) is 9.85. The highest BCUT2D eigenvalue weighted by Crippen LogP contribution is 2.10. The topological polar surface area (TPSA) is 9.23 Å². The van der Waals surface area contributed by atoms with E-state index in [2.05, 4.69) is 22.5 Å². The maximum absolute atomic E-state index is 5.06. The van der Waals surface area contributed by atoms with Crippen LogP contribution in [-0.4, -0.2) is 11.9 Å². The molecule has 0 fully saturated rings. The molecule has 0 bridgehead atoms. The summed E-state index contributed by atoms with van der Waals surface area (Å²) >= 11 is 3.45. The van der Waals surface area contributed by atoms with Gasteiger partial charge in [0.1, 0.15) is 0 Å². The fraction of sp³-hybridized carbons (Fsp3) is 0.846. The van der Waals surface area contributed by atoms with Crippen LogP contribution in [0.3, 0.4) is 0 Å². The molecule has 0 aliphatic heterocycles. The third kappa shape index (κ3) is 14.0. The lowest BCUT2D eigenvalue weighted by Gasteiger charge is -2.02. The van der Waals surface area contributed by atoms with Crippen LogP contribution < -0.4 is 0 Å². The molecule has 0 radical (unpaired) electrons. The predicted octanol–water partition coefficient (Wildman–Crippen LogP) is 5.05. The zero-order valence-corrected chi connectivity index (χ0v) is 11.4. The van der Waals surface area contributed by atoms with Gasteiger partial charge in [-0.3, -0.25) is 0 Å². The highest BCUT2D eigenvalue weighted by atomic mass is 79.9. The van der Waals surface area contributed by atoms with Gasteiger partial charge in [0.05, 0.1) is 12.9 Å². The predicted molar refractivity (Wildman–Crippen MR) is 71.5 cm³/mol. The van der Waals surface area contributed by atoms with Crippen molar-refractivity contribution in [2.45, 2.75) is 57.8 Å². The average Bonchev–Trinajstić information content (AvgIpc) is 2.26. The summed E-state index contributed by atoms with van der Waals surface area (Å²) in [6, 6.07) is 0. The molecular weight excluding hydrogens is 252 g/mol. The average molecular weight is 277 g/mol. The summed E-state index contributed by atoms with van der Waals surface area (Å²) in [4.78, 5) is 0. The van der Waals surface area contributed by atoms with Crippen LogP contribution in [0.25, 0.3) is 0 Å². The van der Waals surface area contributed by atoms with Crippen molar-refractivity contribution >= 4 is 15.9 Å². The van der Waals surface area contributed by atoms with Crippen molar-refractivity contribution in [3.05, 3.63) is 12.8 Å². The molecule has 0 aromatic heterocycles. The lowest BCUT2D eigenvalue weighted by Crippen LogP contribution is -1.87. The number of rotatable bonds is 12. The SMILES string of the molecule is C=COCCCCCCCCCCCBr. The van der Waals surface area contributed by atoms with Gasteiger partial charge in [0, 0.05) is 5.33 Å². The molecule has 1 nitrogen and oxygen atoms in total. The fourth-order valence-corrected chi connectivity index (χ4v) is 2.00. The molecule has 0 saturated heterocycles. The number of hydrogen-bond acceptors (Lipinski definition) is 1. The smallest absolute Gasteiger partial charge is 0.0873 e. The summed E-state index contributed by atoms with van der Waals surface area (Å²) in [6.07, 6.45) is 13.7.